The molecule has 0 spiro atoms. The Balaban J connectivity index is 1.19. The first-order valence-corrected chi connectivity index (χ1v) is 11.3. The van der Waals surface area contributed by atoms with Crippen molar-refractivity contribution in [2.75, 3.05) is 5.32 Å². The highest BCUT2D eigenvalue weighted by Gasteiger charge is 2.45. The molecule has 0 fully saturated rings. The van der Waals surface area contributed by atoms with Gasteiger partial charge in [0, 0.05) is 35.8 Å². The van der Waals surface area contributed by atoms with Gasteiger partial charge in [-0.05, 0) is 43.2 Å². The molecule has 5 rings (SSSR count). The first-order chi connectivity index (χ1) is 17.4. The lowest BCUT2D eigenvalue weighted by atomic mass is 9.98. The fourth-order valence-electron chi connectivity index (χ4n) is 4.11. The molecule has 13 heteroatoms. The molecule has 4 heterocycles. The van der Waals surface area contributed by atoms with Gasteiger partial charge in [-0.15, -0.1) is 20.4 Å². The number of alkyl halides is 3. The Hall–Kier alpha value is -4.29. The SMILES string of the molecule is O=C(NCc1nnc2n1CCCC2C(F)(F)F)c1cccc(NCc2nnc(-c3ccncc3)[nH]2)c1. The minimum absolute atomic E-state index is 0.00704. The zero-order valence-corrected chi connectivity index (χ0v) is 19.0. The van der Waals surface area contributed by atoms with Crippen molar-refractivity contribution in [3.05, 3.63) is 71.8 Å². The van der Waals surface area contributed by atoms with Crippen molar-refractivity contribution >= 4 is 11.6 Å². The van der Waals surface area contributed by atoms with Crippen molar-refractivity contribution in [2.24, 2.45) is 0 Å². The Morgan fingerprint density at radius 3 is 2.72 bits per heavy atom. The molecule has 3 aromatic heterocycles. The highest BCUT2D eigenvalue weighted by atomic mass is 19.4. The zero-order valence-electron chi connectivity index (χ0n) is 19.0. The van der Waals surface area contributed by atoms with Gasteiger partial charge in [-0.1, -0.05) is 6.07 Å². The normalized spacial score (nSPS) is 15.4. The summed E-state index contributed by atoms with van der Waals surface area (Å²) in [5.41, 5.74) is 1.95. The Bertz CT molecular complexity index is 1350. The Morgan fingerprint density at radius 2 is 1.92 bits per heavy atom. The summed E-state index contributed by atoms with van der Waals surface area (Å²) in [6.45, 7) is 0.726. The minimum Gasteiger partial charge on any atom is -0.378 e. The van der Waals surface area contributed by atoms with Crippen molar-refractivity contribution in [3.8, 4) is 11.4 Å². The molecule has 10 nitrogen and oxygen atoms in total. The fourth-order valence-corrected chi connectivity index (χ4v) is 4.11. The summed E-state index contributed by atoms with van der Waals surface area (Å²) in [6, 6.07) is 10.5. The molecule has 1 aliphatic heterocycles. The summed E-state index contributed by atoms with van der Waals surface area (Å²) in [5.74, 6) is -0.555. The van der Waals surface area contributed by atoms with Crippen LogP contribution in [0.3, 0.4) is 0 Å². The van der Waals surface area contributed by atoms with Crippen LogP contribution in [0.2, 0.25) is 0 Å². The predicted octanol–water partition coefficient (Wildman–Crippen LogP) is 3.44. The van der Waals surface area contributed by atoms with E-state index in [0.717, 1.165) is 5.56 Å². The average molecular weight is 497 g/mol. The second-order valence-electron chi connectivity index (χ2n) is 8.34. The second kappa shape index (κ2) is 9.76. The lowest BCUT2D eigenvalue weighted by Crippen LogP contribution is -2.30. The number of hydrogen-bond acceptors (Lipinski definition) is 7. The van der Waals surface area contributed by atoms with Crippen LogP contribution in [0.15, 0.2) is 48.8 Å². The maximum atomic E-state index is 13.3. The number of carbonyl (C=O) groups excluding carboxylic acids is 1. The topological polar surface area (TPSA) is 126 Å². The number of H-pyrrole nitrogens is 1. The third kappa shape index (κ3) is 5.04. The molecule has 36 heavy (non-hydrogen) atoms. The van der Waals surface area contributed by atoms with Gasteiger partial charge in [-0.3, -0.25) is 9.78 Å². The quantitative estimate of drug-likeness (QED) is 0.357. The van der Waals surface area contributed by atoms with Crippen LogP contribution in [-0.4, -0.2) is 47.0 Å². The molecule has 0 radical (unpaired) electrons. The highest BCUT2D eigenvalue weighted by Crippen LogP contribution is 2.40. The van der Waals surface area contributed by atoms with Gasteiger partial charge in [-0.25, -0.2) is 0 Å². The number of amides is 1. The lowest BCUT2D eigenvalue weighted by Gasteiger charge is -2.25. The van der Waals surface area contributed by atoms with Gasteiger partial charge >= 0.3 is 6.18 Å². The van der Waals surface area contributed by atoms with Crippen LogP contribution in [0, 0.1) is 0 Å². The third-order valence-corrected chi connectivity index (χ3v) is 5.92. The molecule has 0 aliphatic carbocycles. The molecule has 1 unspecified atom stereocenters. The van der Waals surface area contributed by atoms with Crippen LogP contribution in [0.5, 0.6) is 0 Å². The number of anilines is 1. The van der Waals surface area contributed by atoms with E-state index in [-0.39, 0.29) is 24.7 Å². The number of aromatic amines is 1. The number of fused-ring (bicyclic) bond motifs is 1. The molecule has 0 bridgehead atoms. The molecule has 4 aromatic rings. The van der Waals surface area contributed by atoms with Crippen LogP contribution < -0.4 is 10.6 Å². The molecule has 3 N–H and O–H groups in total. The van der Waals surface area contributed by atoms with E-state index in [1.165, 1.54) is 4.57 Å². The van der Waals surface area contributed by atoms with Crippen molar-refractivity contribution < 1.29 is 18.0 Å². The third-order valence-electron chi connectivity index (χ3n) is 5.92. The number of pyridine rings is 1. The molecule has 0 saturated carbocycles. The summed E-state index contributed by atoms with van der Waals surface area (Å²) >= 11 is 0. The first-order valence-electron chi connectivity index (χ1n) is 11.3. The van der Waals surface area contributed by atoms with Crippen molar-refractivity contribution in [1.82, 2.24) is 40.2 Å². The van der Waals surface area contributed by atoms with Crippen molar-refractivity contribution in [2.45, 2.75) is 44.6 Å². The van der Waals surface area contributed by atoms with Crippen LogP contribution >= 0.6 is 0 Å². The van der Waals surface area contributed by atoms with Gasteiger partial charge in [0.25, 0.3) is 5.91 Å². The monoisotopic (exact) mass is 497 g/mol. The number of halogens is 3. The average Bonchev–Trinajstić information content (AvgIpc) is 3.53. The van der Waals surface area contributed by atoms with E-state index in [2.05, 4.69) is 41.0 Å². The molecule has 1 amide bonds. The molecule has 1 aromatic carbocycles. The van der Waals surface area contributed by atoms with Crippen LogP contribution in [0.4, 0.5) is 18.9 Å². The largest absolute Gasteiger partial charge is 0.398 e. The van der Waals surface area contributed by atoms with Crippen LogP contribution in [0.25, 0.3) is 11.4 Å². The Labute approximate surface area is 203 Å². The van der Waals surface area contributed by atoms with Gasteiger partial charge in [0.05, 0.1) is 13.1 Å². The highest BCUT2D eigenvalue weighted by molar-refractivity contribution is 5.95. The number of carbonyl (C=O) groups is 1. The van der Waals surface area contributed by atoms with Crippen molar-refractivity contribution in [3.63, 3.8) is 0 Å². The Morgan fingerprint density at radius 1 is 1.08 bits per heavy atom. The summed E-state index contributed by atoms with van der Waals surface area (Å²) in [7, 11) is 0. The van der Waals surface area contributed by atoms with Crippen LogP contribution in [-0.2, 0) is 19.6 Å². The molecule has 1 aliphatic rings. The summed E-state index contributed by atoms with van der Waals surface area (Å²) in [6.07, 6.45) is -0.663. The number of nitrogens with zero attached hydrogens (tertiary/aromatic N) is 6. The number of aromatic nitrogens is 7. The molecular weight excluding hydrogens is 475 g/mol. The van der Waals surface area contributed by atoms with E-state index in [1.807, 2.05) is 18.2 Å². The predicted molar refractivity (Wildman–Crippen MR) is 123 cm³/mol. The summed E-state index contributed by atoms with van der Waals surface area (Å²) < 4.78 is 41.3. The number of rotatable bonds is 7. The maximum Gasteiger partial charge on any atom is 0.398 e. The van der Waals surface area contributed by atoms with E-state index in [0.29, 0.717) is 48.2 Å². The molecular formula is C23H22F3N9O. The number of benzene rings is 1. The molecule has 1 atom stereocenters. The lowest BCUT2D eigenvalue weighted by molar-refractivity contribution is -0.156. The summed E-state index contributed by atoms with van der Waals surface area (Å²) in [4.78, 5) is 19.8. The smallest absolute Gasteiger partial charge is 0.378 e. The maximum absolute atomic E-state index is 13.3. The van der Waals surface area contributed by atoms with E-state index in [1.54, 1.807) is 30.6 Å². The molecule has 186 valence electrons. The van der Waals surface area contributed by atoms with Crippen molar-refractivity contribution in [1.29, 1.82) is 0 Å². The van der Waals surface area contributed by atoms with Gasteiger partial charge in [-0.2, -0.15) is 13.2 Å². The fraction of sp³-hybridized carbons (Fsp3) is 0.304. The molecule has 0 saturated heterocycles. The summed E-state index contributed by atoms with van der Waals surface area (Å²) in [5, 5.41) is 21.8. The Kier molecular flexibility index (Phi) is 6.36. The van der Waals surface area contributed by atoms with Crippen LogP contribution in [0.1, 0.15) is 46.6 Å². The second-order valence-corrected chi connectivity index (χ2v) is 8.34. The van der Waals surface area contributed by atoms with Gasteiger partial charge in [0.2, 0.25) is 0 Å². The zero-order chi connectivity index (χ0) is 25.1. The van der Waals surface area contributed by atoms with E-state index >= 15 is 0 Å². The first kappa shape index (κ1) is 23.5. The van der Waals surface area contributed by atoms with E-state index in [9.17, 15) is 18.0 Å². The standard InChI is InChI=1S/C23H22F3N9O/c24-23(25,26)17-5-2-10-35-19(32-34-21(17)35)13-29-22(36)15-3-1-4-16(11-15)28-12-18-30-20(33-31-18)14-6-8-27-9-7-14/h1,3-4,6-9,11,17,28H,2,5,10,12-13H2,(H,29,36)(H,30,31,33). The van der Waals surface area contributed by atoms with E-state index < -0.39 is 12.1 Å². The van der Waals surface area contributed by atoms with E-state index in [4.69, 9.17) is 0 Å². The van der Waals surface area contributed by atoms with Gasteiger partial charge < -0.3 is 20.2 Å². The van der Waals surface area contributed by atoms with Gasteiger partial charge in [0.15, 0.2) is 11.6 Å². The number of hydrogen-bond donors (Lipinski definition) is 3. The van der Waals surface area contributed by atoms with Gasteiger partial charge in [0.1, 0.15) is 17.6 Å². The number of nitrogens with one attached hydrogen (secondary N) is 3. The minimum atomic E-state index is -4.37.